The Balaban J connectivity index is 2.25. The molecule has 4 heteroatoms. The van der Waals surface area contributed by atoms with Gasteiger partial charge in [0, 0.05) is 11.1 Å². The molecule has 1 amide bonds. The van der Waals surface area contributed by atoms with E-state index in [1.807, 2.05) is 6.07 Å². The van der Waals surface area contributed by atoms with Crippen molar-refractivity contribution >= 4 is 17.4 Å². The molecule has 2 aromatic rings. The van der Waals surface area contributed by atoms with Crippen LogP contribution in [0.2, 0.25) is 0 Å². The lowest BCUT2D eigenvalue weighted by atomic mass is 10.1. The van der Waals surface area contributed by atoms with E-state index in [0.29, 0.717) is 16.8 Å². The van der Waals surface area contributed by atoms with Crippen LogP contribution in [0.4, 0.5) is 5.69 Å². The number of benzene rings is 2. The van der Waals surface area contributed by atoms with Gasteiger partial charge in [0.15, 0.2) is 5.78 Å². The summed E-state index contributed by atoms with van der Waals surface area (Å²) in [4.78, 5) is 23.7. The van der Waals surface area contributed by atoms with Gasteiger partial charge < -0.3 is 11.1 Å². The molecule has 0 aliphatic carbocycles. The quantitative estimate of drug-likeness (QED) is 0.820. The lowest BCUT2D eigenvalue weighted by molar-refractivity contribution is 0.100. The number of anilines is 1. The Labute approximate surface area is 111 Å². The fourth-order valence-corrected chi connectivity index (χ4v) is 1.73. The van der Waals surface area contributed by atoms with E-state index in [4.69, 9.17) is 5.73 Å². The highest BCUT2D eigenvalue weighted by molar-refractivity contribution is 6.09. The number of Topliss-reactive ketones (excluding diaryl/α,β-unsaturated/α-hetero) is 1. The Morgan fingerprint density at radius 1 is 0.947 bits per heavy atom. The Kier molecular flexibility index (Phi) is 4.05. The highest BCUT2D eigenvalue weighted by Gasteiger charge is 2.12. The van der Waals surface area contributed by atoms with Crippen LogP contribution in [0.1, 0.15) is 20.7 Å². The molecule has 0 saturated carbocycles. The third-order valence-corrected chi connectivity index (χ3v) is 2.70. The maximum absolute atomic E-state index is 12.0. The first-order valence-electron chi connectivity index (χ1n) is 5.91. The van der Waals surface area contributed by atoms with Crippen LogP contribution in [0.3, 0.4) is 0 Å². The Bertz CT molecular complexity index is 594. The van der Waals surface area contributed by atoms with E-state index in [0.717, 1.165) is 0 Å². The minimum atomic E-state index is -0.252. The number of nitrogens with two attached hydrogens (primary N) is 1. The lowest BCUT2D eigenvalue weighted by Crippen LogP contribution is -2.18. The van der Waals surface area contributed by atoms with Crippen molar-refractivity contribution in [3.8, 4) is 0 Å². The topological polar surface area (TPSA) is 72.2 Å². The van der Waals surface area contributed by atoms with Gasteiger partial charge in [-0.2, -0.15) is 0 Å². The second-order valence-electron chi connectivity index (χ2n) is 3.99. The molecule has 0 heterocycles. The number of rotatable bonds is 4. The van der Waals surface area contributed by atoms with Crippen molar-refractivity contribution in [2.75, 3.05) is 11.9 Å². The minimum absolute atomic E-state index is 0.0851. The fourth-order valence-electron chi connectivity index (χ4n) is 1.73. The van der Waals surface area contributed by atoms with Gasteiger partial charge in [-0.3, -0.25) is 9.59 Å². The van der Waals surface area contributed by atoms with E-state index in [9.17, 15) is 9.59 Å². The maximum atomic E-state index is 12.0. The van der Waals surface area contributed by atoms with Crippen LogP contribution in [0.5, 0.6) is 0 Å². The van der Waals surface area contributed by atoms with Gasteiger partial charge in [-0.15, -0.1) is 0 Å². The van der Waals surface area contributed by atoms with Crippen molar-refractivity contribution in [2.24, 2.45) is 5.73 Å². The van der Waals surface area contributed by atoms with Crippen molar-refractivity contribution in [2.45, 2.75) is 0 Å². The van der Waals surface area contributed by atoms with E-state index >= 15 is 0 Å². The molecule has 0 aliphatic heterocycles. The molecule has 4 nitrogen and oxygen atoms in total. The molecule has 0 fully saturated rings. The van der Waals surface area contributed by atoms with Gasteiger partial charge in [0.25, 0.3) is 5.91 Å². The summed E-state index contributed by atoms with van der Waals surface area (Å²) in [5.41, 5.74) is 6.80. The molecule has 0 aromatic heterocycles. The van der Waals surface area contributed by atoms with E-state index in [-0.39, 0.29) is 18.2 Å². The van der Waals surface area contributed by atoms with Gasteiger partial charge in [0.2, 0.25) is 0 Å². The normalized spacial score (nSPS) is 9.95. The third kappa shape index (κ3) is 3.05. The van der Waals surface area contributed by atoms with Gasteiger partial charge in [0.1, 0.15) is 0 Å². The van der Waals surface area contributed by atoms with Gasteiger partial charge in [-0.05, 0) is 24.3 Å². The minimum Gasteiger partial charge on any atom is -0.324 e. The maximum Gasteiger partial charge on any atom is 0.255 e. The third-order valence-electron chi connectivity index (χ3n) is 2.70. The first kappa shape index (κ1) is 13.0. The summed E-state index contributed by atoms with van der Waals surface area (Å²) >= 11 is 0. The number of amides is 1. The SMILES string of the molecule is NCC(=O)c1ccccc1NC(=O)c1ccccc1. The van der Waals surface area contributed by atoms with Crippen molar-refractivity contribution in [3.05, 3.63) is 65.7 Å². The first-order valence-corrected chi connectivity index (χ1v) is 5.91. The second-order valence-corrected chi connectivity index (χ2v) is 3.99. The lowest BCUT2D eigenvalue weighted by Gasteiger charge is -2.09. The summed E-state index contributed by atoms with van der Waals surface area (Å²) in [6.45, 7) is -0.0851. The molecule has 0 saturated heterocycles. The van der Waals surface area contributed by atoms with E-state index in [1.165, 1.54) is 0 Å². The molecular formula is C15H14N2O2. The Morgan fingerprint density at radius 2 is 1.58 bits per heavy atom. The summed E-state index contributed by atoms with van der Waals surface area (Å²) in [5, 5.41) is 2.73. The molecule has 19 heavy (non-hydrogen) atoms. The number of carbonyl (C=O) groups is 2. The zero-order chi connectivity index (χ0) is 13.7. The standard InChI is InChI=1S/C15H14N2O2/c16-10-14(18)12-8-4-5-9-13(12)17-15(19)11-6-2-1-3-7-11/h1-9H,10,16H2,(H,17,19). The summed E-state index contributed by atoms with van der Waals surface area (Å²) in [6, 6.07) is 15.7. The molecule has 0 radical (unpaired) electrons. The van der Waals surface area contributed by atoms with Crippen molar-refractivity contribution in [3.63, 3.8) is 0 Å². The largest absolute Gasteiger partial charge is 0.324 e. The number of carbonyl (C=O) groups excluding carboxylic acids is 2. The molecule has 0 spiro atoms. The Hall–Kier alpha value is -2.46. The van der Waals surface area contributed by atoms with Crippen molar-refractivity contribution in [1.29, 1.82) is 0 Å². The van der Waals surface area contributed by atoms with E-state index in [2.05, 4.69) is 5.32 Å². The van der Waals surface area contributed by atoms with Crippen LogP contribution in [-0.2, 0) is 0 Å². The second kappa shape index (κ2) is 5.93. The number of ketones is 1. The van der Waals surface area contributed by atoms with Crippen LogP contribution < -0.4 is 11.1 Å². The van der Waals surface area contributed by atoms with Gasteiger partial charge in [-0.25, -0.2) is 0 Å². The molecule has 0 atom stereocenters. The van der Waals surface area contributed by atoms with Crippen LogP contribution in [0, 0.1) is 0 Å². The number of nitrogens with one attached hydrogen (secondary N) is 1. The molecule has 0 bridgehead atoms. The zero-order valence-electron chi connectivity index (χ0n) is 10.3. The zero-order valence-corrected chi connectivity index (χ0v) is 10.3. The molecule has 3 N–H and O–H groups in total. The van der Waals surface area contributed by atoms with Gasteiger partial charge >= 0.3 is 0 Å². The summed E-state index contributed by atoms with van der Waals surface area (Å²) in [6.07, 6.45) is 0. The van der Waals surface area contributed by atoms with E-state index in [1.54, 1.807) is 48.5 Å². The van der Waals surface area contributed by atoms with Crippen LogP contribution >= 0.6 is 0 Å². The predicted molar refractivity (Wildman–Crippen MR) is 74.2 cm³/mol. The van der Waals surface area contributed by atoms with Crippen molar-refractivity contribution < 1.29 is 9.59 Å². The van der Waals surface area contributed by atoms with E-state index < -0.39 is 0 Å². The molecule has 96 valence electrons. The van der Waals surface area contributed by atoms with Crippen LogP contribution in [0.15, 0.2) is 54.6 Å². The molecule has 2 aromatic carbocycles. The molecule has 2 rings (SSSR count). The summed E-state index contributed by atoms with van der Waals surface area (Å²) in [7, 11) is 0. The molecular weight excluding hydrogens is 240 g/mol. The highest BCUT2D eigenvalue weighted by Crippen LogP contribution is 2.16. The average molecular weight is 254 g/mol. The van der Waals surface area contributed by atoms with Crippen molar-refractivity contribution in [1.82, 2.24) is 0 Å². The predicted octanol–water partition coefficient (Wildman–Crippen LogP) is 2.08. The van der Waals surface area contributed by atoms with Gasteiger partial charge in [0.05, 0.1) is 12.2 Å². The molecule has 0 unspecified atom stereocenters. The summed E-state index contributed by atoms with van der Waals surface area (Å²) < 4.78 is 0. The number of para-hydroxylation sites is 1. The Morgan fingerprint density at radius 3 is 2.26 bits per heavy atom. The first-order chi connectivity index (χ1) is 9.22. The number of hydrogen-bond acceptors (Lipinski definition) is 3. The monoisotopic (exact) mass is 254 g/mol. The number of hydrogen-bond donors (Lipinski definition) is 2. The van der Waals surface area contributed by atoms with Gasteiger partial charge in [-0.1, -0.05) is 30.3 Å². The highest BCUT2D eigenvalue weighted by atomic mass is 16.1. The van der Waals surface area contributed by atoms with Crippen LogP contribution in [-0.4, -0.2) is 18.2 Å². The smallest absolute Gasteiger partial charge is 0.255 e. The average Bonchev–Trinajstić information content (AvgIpc) is 2.48. The fraction of sp³-hybridized carbons (Fsp3) is 0.0667. The van der Waals surface area contributed by atoms with Crippen LogP contribution in [0.25, 0.3) is 0 Å². The summed E-state index contributed by atoms with van der Waals surface area (Å²) in [5.74, 6) is -0.457. The molecule has 0 aliphatic rings.